The average molecular weight is 493 g/mol. The number of carbonyl (C=O) groups excluding carboxylic acids is 5. The van der Waals surface area contributed by atoms with Gasteiger partial charge < -0.3 is 36.3 Å². The van der Waals surface area contributed by atoms with Gasteiger partial charge in [0.05, 0.1) is 12.5 Å². The molecule has 0 saturated carbocycles. The molecular weight excluding hydrogens is 460 g/mol. The number of aldehydes is 1. The molecule has 0 aliphatic rings. The zero-order chi connectivity index (χ0) is 26.7. The van der Waals surface area contributed by atoms with Gasteiger partial charge in [-0.2, -0.15) is 0 Å². The van der Waals surface area contributed by atoms with Gasteiger partial charge in [-0.3, -0.25) is 24.0 Å². The number of phenolic OH excluding ortho intramolecular Hbond substituents is 1. The van der Waals surface area contributed by atoms with Gasteiger partial charge in [0.2, 0.25) is 23.6 Å². The second kappa shape index (κ2) is 13.7. The number of benzene rings is 1. The first-order chi connectivity index (χ1) is 16.3. The molecule has 1 aromatic rings. The third-order valence-electron chi connectivity index (χ3n) is 4.96. The number of carboxylic acids is 1. The summed E-state index contributed by atoms with van der Waals surface area (Å²) < 4.78 is 0. The lowest BCUT2D eigenvalue weighted by atomic mass is 10.0. The van der Waals surface area contributed by atoms with E-state index in [0.29, 0.717) is 5.56 Å². The maximum Gasteiger partial charge on any atom is 0.305 e. The van der Waals surface area contributed by atoms with Crippen LogP contribution in [0, 0.1) is 5.92 Å². The number of amides is 4. The molecule has 1 aromatic carbocycles. The molecule has 12 nitrogen and oxygen atoms in total. The molecule has 12 heteroatoms. The molecule has 0 unspecified atom stereocenters. The van der Waals surface area contributed by atoms with E-state index in [2.05, 4.69) is 21.3 Å². The number of phenols is 1. The van der Waals surface area contributed by atoms with Crippen molar-refractivity contribution in [3.05, 3.63) is 29.8 Å². The summed E-state index contributed by atoms with van der Waals surface area (Å²) in [6.07, 6.45) is -0.215. The topological polar surface area (TPSA) is 191 Å². The van der Waals surface area contributed by atoms with Crippen LogP contribution in [0.15, 0.2) is 24.3 Å². The highest BCUT2D eigenvalue weighted by Gasteiger charge is 2.30. The van der Waals surface area contributed by atoms with Crippen molar-refractivity contribution in [3.8, 4) is 5.75 Å². The normalized spacial score (nSPS) is 14.1. The molecule has 0 bridgehead atoms. The zero-order valence-corrected chi connectivity index (χ0v) is 20.0. The molecule has 0 aromatic heterocycles. The SMILES string of the molecule is CC(=O)N[C@H](Cc1ccc(O)cc1)C(=O)N[C@H](C(=O)N[C@@H](C)C(=O)N[C@H](C=O)CC(=O)O)C(C)C. The van der Waals surface area contributed by atoms with Crippen molar-refractivity contribution in [2.45, 2.75) is 64.7 Å². The van der Waals surface area contributed by atoms with Crippen molar-refractivity contribution in [2.24, 2.45) is 5.92 Å². The summed E-state index contributed by atoms with van der Waals surface area (Å²) in [4.78, 5) is 71.4. The van der Waals surface area contributed by atoms with Crippen LogP contribution in [0.5, 0.6) is 5.75 Å². The summed E-state index contributed by atoms with van der Waals surface area (Å²) in [5.74, 6) is -4.14. The van der Waals surface area contributed by atoms with Crippen molar-refractivity contribution in [3.63, 3.8) is 0 Å². The lowest BCUT2D eigenvalue weighted by molar-refractivity contribution is -0.139. The zero-order valence-electron chi connectivity index (χ0n) is 20.0. The van der Waals surface area contributed by atoms with E-state index in [-0.39, 0.29) is 18.5 Å². The minimum Gasteiger partial charge on any atom is -0.508 e. The molecule has 6 N–H and O–H groups in total. The van der Waals surface area contributed by atoms with Crippen LogP contribution in [0.25, 0.3) is 0 Å². The van der Waals surface area contributed by atoms with E-state index in [4.69, 9.17) is 5.11 Å². The largest absolute Gasteiger partial charge is 0.508 e. The summed E-state index contributed by atoms with van der Waals surface area (Å²) in [5.41, 5.74) is 0.665. The fourth-order valence-electron chi connectivity index (χ4n) is 3.11. The van der Waals surface area contributed by atoms with Gasteiger partial charge in [-0.15, -0.1) is 0 Å². The van der Waals surface area contributed by atoms with E-state index in [1.54, 1.807) is 26.0 Å². The van der Waals surface area contributed by atoms with Crippen LogP contribution in [-0.4, -0.2) is 70.3 Å². The predicted octanol–water partition coefficient (Wildman–Crippen LogP) is -0.757. The maximum atomic E-state index is 12.9. The van der Waals surface area contributed by atoms with Crippen LogP contribution in [-0.2, 0) is 35.2 Å². The number of hydrogen-bond acceptors (Lipinski definition) is 7. The first kappa shape index (κ1) is 29.1. The Bertz CT molecular complexity index is 932. The highest BCUT2D eigenvalue weighted by atomic mass is 16.4. The summed E-state index contributed by atoms with van der Waals surface area (Å²) in [5, 5.41) is 28.0. The van der Waals surface area contributed by atoms with Crippen molar-refractivity contribution in [1.29, 1.82) is 0 Å². The fraction of sp³-hybridized carbons (Fsp3) is 0.478. The second-order valence-corrected chi connectivity index (χ2v) is 8.43. The number of hydrogen-bond donors (Lipinski definition) is 6. The van der Waals surface area contributed by atoms with Crippen molar-refractivity contribution in [2.75, 3.05) is 0 Å². The number of rotatable bonds is 13. The quantitative estimate of drug-likeness (QED) is 0.194. The first-order valence-corrected chi connectivity index (χ1v) is 11.0. The van der Waals surface area contributed by atoms with Crippen molar-refractivity contribution < 1.29 is 39.0 Å². The Labute approximate surface area is 202 Å². The van der Waals surface area contributed by atoms with Crippen LogP contribution in [0.2, 0.25) is 0 Å². The molecule has 0 aliphatic carbocycles. The molecular formula is C23H32N4O8. The molecule has 0 heterocycles. The van der Waals surface area contributed by atoms with Crippen LogP contribution in [0.3, 0.4) is 0 Å². The summed E-state index contributed by atoms with van der Waals surface area (Å²) >= 11 is 0. The van der Waals surface area contributed by atoms with Crippen LogP contribution in [0.4, 0.5) is 0 Å². The minimum absolute atomic E-state index is 0.0476. The van der Waals surface area contributed by atoms with Gasteiger partial charge in [-0.05, 0) is 30.5 Å². The van der Waals surface area contributed by atoms with E-state index in [1.165, 1.54) is 26.0 Å². The van der Waals surface area contributed by atoms with Gasteiger partial charge in [0.15, 0.2) is 0 Å². The Morgan fingerprint density at radius 3 is 1.97 bits per heavy atom. The molecule has 4 amide bonds. The van der Waals surface area contributed by atoms with E-state index < -0.39 is 66.1 Å². The molecule has 35 heavy (non-hydrogen) atoms. The van der Waals surface area contributed by atoms with Gasteiger partial charge in [-0.1, -0.05) is 26.0 Å². The second-order valence-electron chi connectivity index (χ2n) is 8.43. The Kier molecular flexibility index (Phi) is 11.4. The number of carboxylic acid groups (broad SMARTS) is 1. The van der Waals surface area contributed by atoms with E-state index >= 15 is 0 Å². The Morgan fingerprint density at radius 1 is 0.886 bits per heavy atom. The lowest BCUT2D eigenvalue weighted by Gasteiger charge is -2.26. The van der Waals surface area contributed by atoms with E-state index in [9.17, 15) is 33.9 Å². The van der Waals surface area contributed by atoms with Gasteiger partial charge in [-0.25, -0.2) is 0 Å². The minimum atomic E-state index is -1.28. The molecule has 1 rings (SSSR count). The Hall–Kier alpha value is -3.96. The number of aliphatic carboxylic acids is 1. The van der Waals surface area contributed by atoms with Crippen molar-refractivity contribution in [1.82, 2.24) is 21.3 Å². The van der Waals surface area contributed by atoms with Gasteiger partial charge in [0.1, 0.15) is 30.2 Å². The molecule has 0 spiro atoms. The Morgan fingerprint density at radius 2 is 1.49 bits per heavy atom. The van der Waals surface area contributed by atoms with Crippen molar-refractivity contribution >= 4 is 35.9 Å². The number of carbonyl (C=O) groups is 6. The first-order valence-electron chi connectivity index (χ1n) is 11.0. The monoisotopic (exact) mass is 492 g/mol. The third kappa shape index (κ3) is 10.2. The lowest BCUT2D eigenvalue weighted by Crippen LogP contribution is -2.58. The summed E-state index contributed by atoms with van der Waals surface area (Å²) in [6.45, 7) is 5.96. The van der Waals surface area contributed by atoms with Crippen LogP contribution >= 0.6 is 0 Å². The average Bonchev–Trinajstić information content (AvgIpc) is 2.76. The number of aromatic hydroxyl groups is 1. The molecule has 0 fully saturated rings. The van der Waals surface area contributed by atoms with Gasteiger partial charge in [0, 0.05) is 13.3 Å². The van der Waals surface area contributed by atoms with Crippen LogP contribution < -0.4 is 21.3 Å². The van der Waals surface area contributed by atoms with Crippen LogP contribution in [0.1, 0.15) is 39.7 Å². The summed E-state index contributed by atoms with van der Waals surface area (Å²) in [7, 11) is 0. The molecule has 0 aliphatic heterocycles. The molecule has 192 valence electrons. The standard InChI is InChI=1S/C23H32N4O8/c1-12(2)20(23(35)24-13(3)21(33)26-16(11-28)10-19(31)32)27-22(34)18(25-14(4)29)9-15-5-7-17(30)8-6-15/h5-8,11-13,16,18,20,30H,9-10H2,1-4H3,(H,24,35)(H,25,29)(H,26,33)(H,27,34)(H,31,32)/t13-,16-,18+,20-/m0/s1. The Balaban J connectivity index is 2.88. The molecule has 4 atom stereocenters. The maximum absolute atomic E-state index is 12.9. The molecule has 0 saturated heterocycles. The number of nitrogens with one attached hydrogen (secondary N) is 4. The highest BCUT2D eigenvalue weighted by molar-refractivity contribution is 5.94. The highest BCUT2D eigenvalue weighted by Crippen LogP contribution is 2.12. The smallest absolute Gasteiger partial charge is 0.305 e. The third-order valence-corrected chi connectivity index (χ3v) is 4.96. The molecule has 0 radical (unpaired) electrons. The van der Waals surface area contributed by atoms with Gasteiger partial charge in [0.25, 0.3) is 0 Å². The fourth-order valence-corrected chi connectivity index (χ4v) is 3.11. The summed E-state index contributed by atoms with van der Waals surface area (Å²) in [6, 6.07) is 1.65. The van der Waals surface area contributed by atoms with E-state index in [0.717, 1.165) is 0 Å². The predicted molar refractivity (Wildman–Crippen MR) is 124 cm³/mol. The van der Waals surface area contributed by atoms with Gasteiger partial charge >= 0.3 is 5.97 Å². The van der Waals surface area contributed by atoms with E-state index in [1.807, 2.05) is 0 Å².